The molecule has 1 saturated heterocycles. The summed E-state index contributed by atoms with van der Waals surface area (Å²) in [5.41, 5.74) is 3.66. The predicted molar refractivity (Wildman–Crippen MR) is 184 cm³/mol. The maximum atomic E-state index is 13.9. The normalized spacial score (nSPS) is 17.8. The van der Waals surface area contributed by atoms with Crippen molar-refractivity contribution in [1.82, 2.24) is 0 Å². The Kier molecular flexibility index (Phi) is 14.6. The van der Waals surface area contributed by atoms with Crippen LogP contribution in [-0.4, -0.2) is 52.9 Å². The number of Topliss-reactive ketones (excluding diaryl/α,β-unsaturated/α-hetero) is 1. The van der Waals surface area contributed by atoms with E-state index in [0.29, 0.717) is 45.0 Å². The van der Waals surface area contributed by atoms with E-state index in [9.17, 15) is 4.79 Å². The maximum absolute atomic E-state index is 13.9. The number of ether oxygens (including phenoxy) is 4. The Bertz CT molecular complexity index is 1190. The Morgan fingerprint density at radius 3 is 2.09 bits per heavy atom. The van der Waals surface area contributed by atoms with Crippen molar-refractivity contribution >= 4 is 14.1 Å². The summed E-state index contributed by atoms with van der Waals surface area (Å²) in [7, 11) is -1.74. The molecule has 1 aliphatic heterocycles. The Labute approximate surface area is 272 Å². The summed E-state index contributed by atoms with van der Waals surface area (Å²) in [6.07, 6.45) is 8.22. The Morgan fingerprint density at radius 2 is 1.58 bits per heavy atom. The fourth-order valence-corrected chi connectivity index (χ4v) is 5.80. The number of hydrogen-bond acceptors (Lipinski definition) is 6. The molecule has 1 heterocycles. The van der Waals surface area contributed by atoms with Gasteiger partial charge in [0.25, 0.3) is 0 Å². The first-order valence-corrected chi connectivity index (χ1v) is 19.1. The van der Waals surface area contributed by atoms with E-state index >= 15 is 0 Å². The minimum Gasteiger partial charge on any atom is -0.417 e. The molecule has 1 aliphatic rings. The quantitative estimate of drug-likeness (QED) is 0.0668. The Hall–Kier alpha value is -2.65. The van der Waals surface area contributed by atoms with Gasteiger partial charge in [-0.1, -0.05) is 112 Å². The summed E-state index contributed by atoms with van der Waals surface area (Å²) in [5, 5.41) is 0.203. The largest absolute Gasteiger partial charge is 0.417 e. The number of ketones is 1. The van der Waals surface area contributed by atoms with Gasteiger partial charge in [0.15, 0.2) is 8.32 Å². The molecule has 0 spiro atoms. The molecular weight excluding hydrogens is 580 g/mol. The fourth-order valence-electron chi connectivity index (χ4n) is 4.74. The molecule has 0 aromatic heterocycles. The summed E-state index contributed by atoms with van der Waals surface area (Å²) in [4.78, 5) is 13.9. The Balaban J connectivity index is 1.57. The molecule has 0 bridgehead atoms. The Morgan fingerprint density at radius 1 is 1.00 bits per heavy atom. The van der Waals surface area contributed by atoms with Gasteiger partial charge in [0.2, 0.25) is 11.6 Å². The third kappa shape index (κ3) is 11.9. The van der Waals surface area contributed by atoms with Crippen LogP contribution in [0.5, 0.6) is 0 Å². The van der Waals surface area contributed by atoms with Gasteiger partial charge in [-0.3, -0.25) is 4.79 Å². The number of carbonyl (C=O) groups is 1. The zero-order valence-corrected chi connectivity index (χ0v) is 29.3. The lowest BCUT2D eigenvalue weighted by Crippen LogP contribution is -2.44. The number of carbonyl (C=O) groups excluding carboxylic acids is 1. The lowest BCUT2D eigenvalue weighted by Gasteiger charge is -2.36. The second kappa shape index (κ2) is 17.9. The van der Waals surface area contributed by atoms with Crippen LogP contribution in [0.15, 0.2) is 96.6 Å². The van der Waals surface area contributed by atoms with Crippen LogP contribution in [0, 0.1) is 5.92 Å². The van der Waals surface area contributed by atoms with Crippen molar-refractivity contribution in [3.8, 4) is 0 Å². The monoisotopic (exact) mass is 634 g/mol. The van der Waals surface area contributed by atoms with Gasteiger partial charge in [-0.15, -0.1) is 0 Å². The van der Waals surface area contributed by atoms with Gasteiger partial charge in [-0.25, -0.2) is 0 Å². The van der Waals surface area contributed by atoms with E-state index in [1.807, 2.05) is 72.8 Å². The second-order valence-electron chi connectivity index (χ2n) is 13.3. The third-order valence-electron chi connectivity index (χ3n) is 8.62. The summed E-state index contributed by atoms with van der Waals surface area (Å²) < 4.78 is 30.6. The molecule has 246 valence electrons. The molecule has 7 heteroatoms. The van der Waals surface area contributed by atoms with Crippen LogP contribution in [0.3, 0.4) is 0 Å². The maximum Gasteiger partial charge on any atom is 0.233 e. The highest BCUT2D eigenvalue weighted by molar-refractivity contribution is 6.74. The number of rotatable bonds is 19. The standard InChI is InChI=1S/C38H54O6Si/c1-31(18-15-26-44-45(6,7)37(3,4)5)17-14-24-42-38(23-16-25-43-38)36(39)32(2)35(29-40-27-33-19-10-8-11-20-33)30-41-28-34-21-12-9-13-22-34/h8-14,17-22,35H,2,15-16,23-30H2,1,3-7H3/b17-14+,31-18+. The summed E-state index contributed by atoms with van der Waals surface area (Å²) >= 11 is 0. The number of hydrogen-bond donors (Lipinski definition) is 0. The van der Waals surface area contributed by atoms with E-state index in [-0.39, 0.29) is 23.3 Å². The smallest absolute Gasteiger partial charge is 0.233 e. The second-order valence-corrected chi connectivity index (χ2v) is 18.1. The fraction of sp³-hybridized carbons (Fsp3) is 0.500. The minimum atomic E-state index is -1.74. The van der Waals surface area contributed by atoms with E-state index in [1.165, 1.54) is 0 Å². The molecule has 45 heavy (non-hydrogen) atoms. The summed E-state index contributed by atoms with van der Waals surface area (Å²) in [6, 6.07) is 20.0. The zero-order chi connectivity index (χ0) is 32.8. The van der Waals surface area contributed by atoms with Crippen molar-refractivity contribution in [2.75, 3.05) is 33.0 Å². The molecule has 0 amide bonds. The van der Waals surface area contributed by atoms with Gasteiger partial charge in [-0.2, -0.15) is 0 Å². The highest BCUT2D eigenvalue weighted by Gasteiger charge is 2.46. The lowest BCUT2D eigenvalue weighted by molar-refractivity contribution is -0.202. The van der Waals surface area contributed by atoms with E-state index in [1.54, 1.807) is 0 Å². The molecule has 2 aromatic carbocycles. The molecule has 1 atom stereocenters. The lowest BCUT2D eigenvalue weighted by atomic mass is 9.92. The van der Waals surface area contributed by atoms with Crippen LogP contribution in [0.1, 0.15) is 58.1 Å². The van der Waals surface area contributed by atoms with Crippen molar-refractivity contribution in [3.63, 3.8) is 0 Å². The highest BCUT2D eigenvalue weighted by Crippen LogP contribution is 2.36. The number of allylic oxidation sites excluding steroid dienone is 2. The van der Waals surface area contributed by atoms with E-state index < -0.39 is 14.1 Å². The van der Waals surface area contributed by atoms with Gasteiger partial charge < -0.3 is 23.4 Å². The van der Waals surface area contributed by atoms with Crippen LogP contribution >= 0.6 is 0 Å². The van der Waals surface area contributed by atoms with Gasteiger partial charge in [0, 0.05) is 24.5 Å². The first-order chi connectivity index (χ1) is 21.4. The summed E-state index contributed by atoms with van der Waals surface area (Å²) in [6.45, 7) is 20.5. The molecule has 0 radical (unpaired) electrons. The number of benzene rings is 2. The molecule has 0 N–H and O–H groups in total. The van der Waals surface area contributed by atoms with Crippen LogP contribution in [0.2, 0.25) is 18.1 Å². The SMILES string of the molecule is C=C(C(=O)C1(OC/C=C/C(C)=C/CCO[Si](C)(C)C(C)(C)C)CCCO1)C(COCc1ccccc1)COCc1ccccc1. The van der Waals surface area contributed by atoms with Gasteiger partial charge in [0.05, 0.1) is 39.6 Å². The van der Waals surface area contributed by atoms with Gasteiger partial charge in [-0.05, 0) is 49.0 Å². The zero-order valence-electron chi connectivity index (χ0n) is 28.3. The van der Waals surface area contributed by atoms with Crippen molar-refractivity contribution in [3.05, 3.63) is 108 Å². The molecule has 2 aromatic rings. The van der Waals surface area contributed by atoms with Crippen LogP contribution < -0.4 is 0 Å². The molecule has 0 saturated carbocycles. The molecule has 3 rings (SSSR count). The molecule has 1 fully saturated rings. The average Bonchev–Trinajstić information content (AvgIpc) is 3.50. The first-order valence-electron chi connectivity index (χ1n) is 16.2. The molecule has 1 unspecified atom stereocenters. The van der Waals surface area contributed by atoms with Crippen LogP contribution in [-0.2, 0) is 41.4 Å². The van der Waals surface area contributed by atoms with E-state index in [2.05, 4.69) is 53.4 Å². The highest BCUT2D eigenvalue weighted by atomic mass is 28.4. The van der Waals surface area contributed by atoms with Gasteiger partial charge >= 0.3 is 0 Å². The predicted octanol–water partition coefficient (Wildman–Crippen LogP) is 8.60. The van der Waals surface area contributed by atoms with Crippen molar-refractivity contribution in [2.45, 2.75) is 84.1 Å². The first kappa shape index (κ1) is 36.8. The summed E-state index contributed by atoms with van der Waals surface area (Å²) in [5.74, 6) is -1.92. The van der Waals surface area contributed by atoms with E-state index in [4.69, 9.17) is 23.4 Å². The molecular formula is C38H54O6Si. The van der Waals surface area contributed by atoms with E-state index in [0.717, 1.165) is 36.1 Å². The minimum absolute atomic E-state index is 0.203. The van der Waals surface area contributed by atoms with Crippen molar-refractivity contribution in [2.24, 2.45) is 5.92 Å². The van der Waals surface area contributed by atoms with Crippen molar-refractivity contribution < 1.29 is 28.2 Å². The third-order valence-corrected chi connectivity index (χ3v) is 13.2. The van der Waals surface area contributed by atoms with Gasteiger partial charge in [0.1, 0.15) is 0 Å². The molecule has 0 aliphatic carbocycles. The van der Waals surface area contributed by atoms with Crippen molar-refractivity contribution in [1.29, 1.82) is 0 Å². The topological polar surface area (TPSA) is 63.2 Å². The average molecular weight is 635 g/mol. The van der Waals surface area contributed by atoms with Crippen LogP contribution in [0.25, 0.3) is 0 Å². The van der Waals surface area contributed by atoms with Crippen LogP contribution in [0.4, 0.5) is 0 Å². The molecule has 6 nitrogen and oxygen atoms in total.